The summed E-state index contributed by atoms with van der Waals surface area (Å²) in [5.41, 5.74) is 0. The van der Waals surface area contributed by atoms with Crippen molar-refractivity contribution in [1.82, 2.24) is 0 Å². The van der Waals surface area contributed by atoms with E-state index in [-0.39, 0.29) is 0 Å². The third-order valence-electron chi connectivity index (χ3n) is 1.000. The van der Waals surface area contributed by atoms with Gasteiger partial charge in [0.25, 0.3) is 0 Å². The molecule has 0 aliphatic heterocycles. The van der Waals surface area contributed by atoms with Crippen molar-refractivity contribution in [3.05, 3.63) is 0 Å². The molecule has 1 saturated carbocycles. The second-order valence-corrected chi connectivity index (χ2v) is 1.41. The van der Waals surface area contributed by atoms with Gasteiger partial charge in [-0.3, -0.25) is 0 Å². The van der Waals surface area contributed by atoms with Gasteiger partial charge in [-0.25, -0.2) is 0 Å². The van der Waals surface area contributed by atoms with Gasteiger partial charge in [-0.1, -0.05) is 164 Å². The molecule has 24 heavy (non-hydrogen) atoms. The average molecular weight is 357 g/mol. The van der Waals surface area contributed by atoms with E-state index in [0.29, 0.717) is 0 Å². The number of hydrogen-bond donors (Lipinski definition) is 0. The van der Waals surface area contributed by atoms with Gasteiger partial charge in [0, 0.05) is 0 Å². The van der Waals surface area contributed by atoms with Crippen molar-refractivity contribution in [1.29, 1.82) is 0 Å². The molecule has 0 amide bonds. The standard InChI is InChI=1S/C4H8.10C2H6/c1-2-4-3-1;10*1-2/h1-4H2;10*1-2H3. The third-order valence-corrected chi connectivity index (χ3v) is 1.000. The van der Waals surface area contributed by atoms with Crippen molar-refractivity contribution in [3.63, 3.8) is 0 Å². The van der Waals surface area contributed by atoms with E-state index in [9.17, 15) is 0 Å². The fourth-order valence-corrected chi connectivity index (χ4v) is 0.250. The highest BCUT2D eigenvalue weighted by molar-refractivity contribution is 4.50. The van der Waals surface area contributed by atoms with Gasteiger partial charge in [-0.15, -0.1) is 0 Å². The summed E-state index contributed by atoms with van der Waals surface area (Å²) in [5.74, 6) is 0. The van der Waals surface area contributed by atoms with Crippen LogP contribution in [0, 0.1) is 0 Å². The van der Waals surface area contributed by atoms with E-state index in [1.807, 2.05) is 138 Å². The fourth-order valence-electron chi connectivity index (χ4n) is 0.250. The maximum atomic E-state index is 2.00. The molecule has 0 radical (unpaired) electrons. The van der Waals surface area contributed by atoms with Gasteiger partial charge in [0.2, 0.25) is 0 Å². The lowest BCUT2D eigenvalue weighted by Crippen LogP contribution is -1.85. The van der Waals surface area contributed by atoms with Crippen LogP contribution in [-0.2, 0) is 0 Å². The highest BCUT2D eigenvalue weighted by Crippen LogP contribution is 2.15. The molecule has 0 N–H and O–H groups in total. The van der Waals surface area contributed by atoms with Gasteiger partial charge in [0.15, 0.2) is 0 Å². The zero-order valence-electron chi connectivity index (χ0n) is 22.8. The molecule has 0 aromatic rings. The first-order valence-electron chi connectivity index (χ1n) is 12.0. The number of hydrogen-bond acceptors (Lipinski definition) is 0. The van der Waals surface area contributed by atoms with Crippen LogP contribution in [0.1, 0.15) is 164 Å². The van der Waals surface area contributed by atoms with Crippen molar-refractivity contribution < 1.29 is 0 Å². The lowest BCUT2D eigenvalue weighted by atomic mass is 10.0. The summed E-state index contributed by atoms with van der Waals surface area (Å²) in [6.07, 6.45) is 6.00. The minimum absolute atomic E-state index is 1.50. The number of rotatable bonds is 0. The summed E-state index contributed by atoms with van der Waals surface area (Å²) in [4.78, 5) is 0. The van der Waals surface area contributed by atoms with Crippen LogP contribution in [0.15, 0.2) is 0 Å². The van der Waals surface area contributed by atoms with Crippen LogP contribution in [0.5, 0.6) is 0 Å². The van der Waals surface area contributed by atoms with Crippen LogP contribution in [0.2, 0.25) is 0 Å². The zero-order valence-corrected chi connectivity index (χ0v) is 22.8. The quantitative estimate of drug-likeness (QED) is 0.404. The second-order valence-electron chi connectivity index (χ2n) is 1.41. The van der Waals surface area contributed by atoms with Gasteiger partial charge in [0.1, 0.15) is 0 Å². The van der Waals surface area contributed by atoms with Gasteiger partial charge < -0.3 is 0 Å². The van der Waals surface area contributed by atoms with Crippen LogP contribution in [-0.4, -0.2) is 0 Å². The van der Waals surface area contributed by atoms with E-state index in [1.165, 1.54) is 25.7 Å². The van der Waals surface area contributed by atoms with Crippen molar-refractivity contribution in [2.45, 2.75) is 164 Å². The summed E-state index contributed by atoms with van der Waals surface area (Å²) in [7, 11) is 0. The Morgan fingerprint density at radius 2 is 0.208 bits per heavy atom. The van der Waals surface area contributed by atoms with Crippen molar-refractivity contribution in [2.75, 3.05) is 0 Å². The Labute approximate surface area is 164 Å². The Balaban J connectivity index is -0.0000000115. The summed E-state index contributed by atoms with van der Waals surface area (Å²) in [5, 5.41) is 0. The van der Waals surface area contributed by atoms with Crippen LogP contribution >= 0.6 is 0 Å². The molecule has 0 aromatic heterocycles. The molecular formula is C24H68. The summed E-state index contributed by atoms with van der Waals surface area (Å²) < 4.78 is 0. The lowest BCUT2D eigenvalue weighted by molar-refractivity contribution is 0.504. The first-order valence-corrected chi connectivity index (χ1v) is 12.0. The predicted molar refractivity (Wildman–Crippen MR) is 132 cm³/mol. The molecular weight excluding hydrogens is 288 g/mol. The predicted octanol–water partition coefficient (Wildman–Crippen LogP) is 11.8. The van der Waals surface area contributed by atoms with Crippen LogP contribution in [0.25, 0.3) is 0 Å². The molecule has 0 heteroatoms. The Morgan fingerprint density at radius 3 is 0.208 bits per heavy atom. The molecule has 1 aliphatic carbocycles. The molecule has 1 fully saturated rings. The molecule has 0 aromatic carbocycles. The topological polar surface area (TPSA) is 0 Å². The molecule has 0 heterocycles. The van der Waals surface area contributed by atoms with E-state index in [4.69, 9.17) is 0 Å². The van der Waals surface area contributed by atoms with Crippen molar-refractivity contribution >= 4 is 0 Å². The maximum absolute atomic E-state index is 2.00. The molecule has 0 saturated heterocycles. The Morgan fingerprint density at radius 1 is 0.167 bits per heavy atom. The maximum Gasteiger partial charge on any atom is -0.0533 e. The normalized spacial score (nSPS) is 6.50. The van der Waals surface area contributed by atoms with Crippen molar-refractivity contribution in [3.8, 4) is 0 Å². The third kappa shape index (κ3) is 606. The first kappa shape index (κ1) is 64.8. The summed E-state index contributed by atoms with van der Waals surface area (Å²) in [6, 6.07) is 0. The molecule has 0 unspecified atom stereocenters. The fraction of sp³-hybridized carbons (Fsp3) is 1.00. The van der Waals surface area contributed by atoms with Gasteiger partial charge in [-0.2, -0.15) is 0 Å². The first-order chi connectivity index (χ1) is 12.0. The Hall–Kier alpha value is 0. The monoisotopic (exact) mass is 357 g/mol. The minimum Gasteiger partial charge on any atom is -0.0683 e. The van der Waals surface area contributed by atoms with Gasteiger partial charge >= 0.3 is 0 Å². The molecule has 0 spiro atoms. The van der Waals surface area contributed by atoms with E-state index >= 15 is 0 Å². The Kier molecular flexibility index (Phi) is 1880. The molecule has 1 aliphatic rings. The largest absolute Gasteiger partial charge is 0.0683 e. The Bertz CT molecular complexity index is 8.00. The van der Waals surface area contributed by atoms with E-state index < -0.39 is 0 Å². The highest BCUT2D eigenvalue weighted by atomic mass is 14.0. The van der Waals surface area contributed by atoms with Crippen molar-refractivity contribution in [2.24, 2.45) is 0 Å². The van der Waals surface area contributed by atoms with Crippen LogP contribution < -0.4 is 0 Å². The van der Waals surface area contributed by atoms with Crippen LogP contribution in [0.4, 0.5) is 0 Å². The molecule has 0 nitrogen and oxygen atoms in total. The van der Waals surface area contributed by atoms with Crippen LogP contribution in [0.3, 0.4) is 0 Å². The lowest BCUT2D eigenvalue weighted by Gasteiger charge is -2.05. The molecule has 164 valence electrons. The van der Waals surface area contributed by atoms with E-state index in [0.717, 1.165) is 0 Å². The highest BCUT2D eigenvalue weighted by Gasteiger charge is 1.95. The molecule has 0 bridgehead atoms. The smallest absolute Gasteiger partial charge is 0.0533 e. The average Bonchev–Trinajstić information content (AvgIpc) is 2.75. The van der Waals surface area contributed by atoms with E-state index in [2.05, 4.69) is 0 Å². The van der Waals surface area contributed by atoms with Gasteiger partial charge in [0.05, 0.1) is 0 Å². The van der Waals surface area contributed by atoms with Gasteiger partial charge in [-0.05, 0) is 0 Å². The zero-order chi connectivity index (χ0) is 22.8. The molecule has 1 rings (SSSR count). The van der Waals surface area contributed by atoms with E-state index in [1.54, 1.807) is 0 Å². The minimum atomic E-state index is 1.50. The second kappa shape index (κ2) is 696. The molecule has 0 atom stereocenters. The summed E-state index contributed by atoms with van der Waals surface area (Å²) >= 11 is 0. The summed E-state index contributed by atoms with van der Waals surface area (Å²) in [6.45, 7) is 40.0. The SMILES string of the molecule is C1CCC1.CC.CC.CC.CC.CC.CC.CC.CC.CC.CC.